The number of hydrogen-bond acceptors (Lipinski definition) is 0. The van der Waals surface area contributed by atoms with Crippen molar-refractivity contribution < 1.29 is 0 Å². The lowest BCUT2D eigenvalue weighted by atomic mass is 10.0. The van der Waals surface area contributed by atoms with Crippen molar-refractivity contribution in [3.05, 3.63) is 36.0 Å². The van der Waals surface area contributed by atoms with Gasteiger partial charge in [0.2, 0.25) is 0 Å². The molecule has 0 aromatic rings. The highest BCUT2D eigenvalue weighted by molar-refractivity contribution is 5.10. The van der Waals surface area contributed by atoms with E-state index in [1.165, 1.54) is 11.1 Å². The summed E-state index contributed by atoms with van der Waals surface area (Å²) in [7, 11) is 0. The van der Waals surface area contributed by atoms with Crippen LogP contribution in [0.3, 0.4) is 0 Å². The molecule has 0 saturated carbocycles. The molecule has 0 spiro atoms. The molecule has 1 atom stereocenters. The van der Waals surface area contributed by atoms with Gasteiger partial charge in [-0.25, -0.2) is 0 Å². The summed E-state index contributed by atoms with van der Waals surface area (Å²) in [6, 6.07) is 0. The zero-order chi connectivity index (χ0) is 9.56. The van der Waals surface area contributed by atoms with Crippen LogP contribution in [0.5, 0.6) is 0 Å². The summed E-state index contributed by atoms with van der Waals surface area (Å²) in [6.45, 7) is 12.3. The van der Waals surface area contributed by atoms with Crippen LogP contribution in [0.4, 0.5) is 0 Å². The van der Waals surface area contributed by atoms with Gasteiger partial charge in [0, 0.05) is 0 Å². The van der Waals surface area contributed by atoms with Gasteiger partial charge in [0.15, 0.2) is 0 Å². The van der Waals surface area contributed by atoms with E-state index < -0.39 is 0 Å². The molecular weight excluding hydrogens is 144 g/mol. The van der Waals surface area contributed by atoms with Crippen LogP contribution >= 0.6 is 0 Å². The molecule has 0 bridgehead atoms. The van der Waals surface area contributed by atoms with E-state index in [1.807, 2.05) is 6.08 Å². The Morgan fingerprint density at radius 3 is 2.25 bits per heavy atom. The molecule has 68 valence electrons. The summed E-state index contributed by atoms with van der Waals surface area (Å²) in [5, 5.41) is 0. The van der Waals surface area contributed by atoms with Crippen molar-refractivity contribution in [3.8, 4) is 0 Å². The lowest BCUT2D eigenvalue weighted by Crippen LogP contribution is -1.89. The summed E-state index contributed by atoms with van der Waals surface area (Å²) in [4.78, 5) is 0. The highest BCUT2D eigenvalue weighted by atomic mass is 14.0. The third-order valence-electron chi connectivity index (χ3n) is 2.04. The van der Waals surface area contributed by atoms with Gasteiger partial charge in [0.05, 0.1) is 0 Å². The van der Waals surface area contributed by atoms with E-state index >= 15 is 0 Å². The van der Waals surface area contributed by atoms with E-state index in [4.69, 9.17) is 0 Å². The van der Waals surface area contributed by atoms with Crippen LogP contribution in [0, 0.1) is 5.92 Å². The highest BCUT2D eigenvalue weighted by Gasteiger charge is 1.95. The molecule has 0 heteroatoms. The molecule has 0 aliphatic carbocycles. The highest BCUT2D eigenvalue weighted by Crippen LogP contribution is 2.11. The largest absolute Gasteiger partial charge is 0.102 e. The van der Waals surface area contributed by atoms with Crippen LogP contribution in [-0.2, 0) is 0 Å². The Morgan fingerprint density at radius 1 is 1.25 bits per heavy atom. The molecule has 0 aromatic heterocycles. The first kappa shape index (κ1) is 11.2. The second-order valence-electron chi connectivity index (χ2n) is 3.49. The Hall–Kier alpha value is -0.780. The molecule has 0 heterocycles. The predicted octanol–water partition coefficient (Wildman–Crippen LogP) is 4.11. The monoisotopic (exact) mass is 164 g/mol. The lowest BCUT2D eigenvalue weighted by molar-refractivity contribution is 0.858. The maximum absolute atomic E-state index is 3.77. The fourth-order valence-corrected chi connectivity index (χ4v) is 0.852. The third-order valence-corrected chi connectivity index (χ3v) is 2.04. The number of rotatable bonds is 4. The lowest BCUT2D eigenvalue weighted by Gasteiger charge is -2.04. The Balaban J connectivity index is 4.01. The first-order chi connectivity index (χ1) is 5.57. The zero-order valence-corrected chi connectivity index (χ0v) is 8.72. The Kier molecular flexibility index (Phi) is 5.44. The molecule has 0 radical (unpaired) electrons. The molecule has 0 aromatic carbocycles. The van der Waals surface area contributed by atoms with Crippen LogP contribution in [0.15, 0.2) is 36.0 Å². The fraction of sp³-hybridized carbons (Fsp3) is 0.500. The second kappa shape index (κ2) is 5.82. The molecule has 0 N–H and O–H groups in total. The summed E-state index contributed by atoms with van der Waals surface area (Å²) in [5.41, 5.74) is 2.79. The van der Waals surface area contributed by atoms with Crippen molar-refractivity contribution in [2.45, 2.75) is 34.1 Å². The van der Waals surface area contributed by atoms with E-state index in [0.29, 0.717) is 5.92 Å². The summed E-state index contributed by atoms with van der Waals surface area (Å²) in [5.74, 6) is 0.510. The van der Waals surface area contributed by atoms with E-state index in [-0.39, 0.29) is 0 Å². The van der Waals surface area contributed by atoms with Gasteiger partial charge in [-0.05, 0) is 33.1 Å². The van der Waals surface area contributed by atoms with E-state index in [1.54, 1.807) is 0 Å². The van der Waals surface area contributed by atoms with Crippen molar-refractivity contribution in [1.82, 2.24) is 0 Å². The van der Waals surface area contributed by atoms with Gasteiger partial charge < -0.3 is 0 Å². The van der Waals surface area contributed by atoms with E-state index in [0.717, 1.165) is 6.42 Å². The van der Waals surface area contributed by atoms with E-state index in [2.05, 4.69) is 46.4 Å². The molecule has 0 saturated heterocycles. The Bertz CT molecular complexity index is 190. The van der Waals surface area contributed by atoms with Crippen LogP contribution in [-0.4, -0.2) is 0 Å². The minimum absolute atomic E-state index is 0.510. The Morgan fingerprint density at radius 2 is 1.83 bits per heavy atom. The Labute approximate surface area is 76.7 Å². The molecule has 0 nitrogen and oxygen atoms in total. The average molecular weight is 164 g/mol. The minimum atomic E-state index is 0.510. The fourth-order valence-electron chi connectivity index (χ4n) is 0.852. The van der Waals surface area contributed by atoms with Crippen LogP contribution in [0.2, 0.25) is 0 Å². The van der Waals surface area contributed by atoms with Crippen molar-refractivity contribution in [2.75, 3.05) is 0 Å². The van der Waals surface area contributed by atoms with Crippen molar-refractivity contribution >= 4 is 0 Å². The summed E-state index contributed by atoms with van der Waals surface area (Å²) < 4.78 is 0. The third kappa shape index (κ3) is 4.95. The topological polar surface area (TPSA) is 0 Å². The molecule has 0 aliphatic heterocycles. The van der Waals surface area contributed by atoms with Gasteiger partial charge >= 0.3 is 0 Å². The van der Waals surface area contributed by atoms with Crippen molar-refractivity contribution in [2.24, 2.45) is 5.92 Å². The quantitative estimate of drug-likeness (QED) is 0.548. The van der Waals surface area contributed by atoms with Gasteiger partial charge in [-0.1, -0.05) is 36.3 Å². The first-order valence-corrected chi connectivity index (χ1v) is 4.50. The maximum Gasteiger partial charge on any atom is -0.00570 e. The molecular formula is C12H20. The van der Waals surface area contributed by atoms with Gasteiger partial charge in [-0.2, -0.15) is 0 Å². The molecule has 0 fully saturated rings. The number of allylic oxidation sites excluding steroid dienone is 5. The standard InChI is InChI=1S/C12H20/c1-6-11(4)12(5)9-7-8-10(2)3/h6,8-9,11H,1,7H2,2-5H3/b12-9+. The number of hydrogen-bond donors (Lipinski definition) is 0. The van der Waals surface area contributed by atoms with Gasteiger partial charge in [0.25, 0.3) is 0 Å². The van der Waals surface area contributed by atoms with Gasteiger partial charge in [-0.3, -0.25) is 0 Å². The van der Waals surface area contributed by atoms with Crippen molar-refractivity contribution in [1.29, 1.82) is 0 Å². The first-order valence-electron chi connectivity index (χ1n) is 4.50. The predicted molar refractivity (Wildman–Crippen MR) is 57.2 cm³/mol. The van der Waals surface area contributed by atoms with E-state index in [9.17, 15) is 0 Å². The average Bonchev–Trinajstić information content (AvgIpc) is 2.02. The second-order valence-corrected chi connectivity index (χ2v) is 3.49. The molecule has 0 rings (SSSR count). The SMILES string of the molecule is C=CC(C)/C(C)=C/CC=C(C)C. The van der Waals surface area contributed by atoms with Crippen LogP contribution in [0.25, 0.3) is 0 Å². The molecule has 0 aliphatic rings. The van der Waals surface area contributed by atoms with Crippen LogP contribution < -0.4 is 0 Å². The van der Waals surface area contributed by atoms with Gasteiger partial charge in [0.1, 0.15) is 0 Å². The molecule has 1 unspecified atom stereocenters. The van der Waals surface area contributed by atoms with Crippen molar-refractivity contribution in [3.63, 3.8) is 0 Å². The van der Waals surface area contributed by atoms with Gasteiger partial charge in [-0.15, -0.1) is 6.58 Å². The summed E-state index contributed by atoms with van der Waals surface area (Å²) >= 11 is 0. The normalized spacial score (nSPS) is 13.8. The smallest absolute Gasteiger partial charge is 0.00570 e. The summed E-state index contributed by atoms with van der Waals surface area (Å²) in [6.07, 6.45) is 7.53. The minimum Gasteiger partial charge on any atom is -0.102 e. The maximum atomic E-state index is 3.77. The molecule has 12 heavy (non-hydrogen) atoms. The van der Waals surface area contributed by atoms with Crippen LogP contribution in [0.1, 0.15) is 34.1 Å². The molecule has 0 amide bonds. The zero-order valence-electron chi connectivity index (χ0n) is 8.72.